The Morgan fingerprint density at radius 1 is 1.03 bits per heavy atom. The predicted octanol–water partition coefficient (Wildman–Crippen LogP) is 5.43. The normalized spacial score (nSPS) is 11.5. The van der Waals surface area contributed by atoms with Crippen LogP contribution in [0.2, 0.25) is 5.02 Å². The van der Waals surface area contributed by atoms with E-state index in [2.05, 4.69) is 10.6 Å². The lowest BCUT2D eigenvalue weighted by Gasteiger charge is -2.19. The van der Waals surface area contributed by atoms with Crippen molar-refractivity contribution in [1.82, 2.24) is 5.32 Å². The van der Waals surface area contributed by atoms with Crippen LogP contribution in [0.5, 0.6) is 5.75 Å². The molecule has 3 rings (SSSR count). The number of nitrogens with one attached hydrogen (secondary N) is 2. The van der Waals surface area contributed by atoms with E-state index in [1.165, 1.54) is 0 Å². The topological polar surface area (TPSA) is 67.4 Å². The van der Waals surface area contributed by atoms with E-state index in [1.54, 1.807) is 49.2 Å². The van der Waals surface area contributed by atoms with Crippen LogP contribution in [0.3, 0.4) is 0 Å². The number of rotatable bonds is 10. The fourth-order valence-corrected chi connectivity index (χ4v) is 4.12. The number of benzene rings is 3. The Hall–Kier alpha value is -2.96. The van der Waals surface area contributed by atoms with Crippen molar-refractivity contribution in [2.75, 3.05) is 24.4 Å². The van der Waals surface area contributed by atoms with Gasteiger partial charge in [-0.25, -0.2) is 0 Å². The third-order valence-corrected chi connectivity index (χ3v) is 6.11. The molecule has 7 heteroatoms. The van der Waals surface area contributed by atoms with Crippen molar-refractivity contribution < 1.29 is 14.3 Å². The number of hydrogen-bond donors (Lipinski definition) is 2. The molecule has 0 aliphatic heterocycles. The summed E-state index contributed by atoms with van der Waals surface area (Å²) in [6.07, 6.45) is 3.13. The van der Waals surface area contributed by atoms with Gasteiger partial charge >= 0.3 is 0 Å². The van der Waals surface area contributed by atoms with Crippen molar-refractivity contribution >= 4 is 40.9 Å². The largest absolute Gasteiger partial charge is 0.496 e. The highest BCUT2D eigenvalue weighted by atomic mass is 35.5. The molecule has 0 heterocycles. The number of carbonyl (C=O) groups is 2. The second-order valence-corrected chi connectivity index (χ2v) is 8.86. The third-order valence-electron chi connectivity index (χ3n) is 5.14. The summed E-state index contributed by atoms with van der Waals surface area (Å²) in [7, 11) is 1.63. The summed E-state index contributed by atoms with van der Waals surface area (Å²) in [6.45, 7) is 0. The highest BCUT2D eigenvalue weighted by Gasteiger charge is 2.22. The SMILES string of the molecule is COc1ccc(NC(=O)C(CCSC)NC(=O)c2ccccc2Cl)cc1Cc1ccccc1. The molecule has 0 aliphatic rings. The molecule has 2 N–H and O–H groups in total. The number of carbonyl (C=O) groups excluding carboxylic acids is 2. The van der Waals surface area contributed by atoms with Crippen molar-refractivity contribution in [3.05, 3.63) is 94.5 Å². The molecule has 5 nitrogen and oxygen atoms in total. The number of thioether (sulfide) groups is 1. The number of amides is 2. The Bertz CT molecular complexity index is 1090. The van der Waals surface area contributed by atoms with E-state index in [9.17, 15) is 9.59 Å². The second kappa shape index (κ2) is 12.3. The van der Waals surface area contributed by atoms with Crippen molar-refractivity contribution in [3.8, 4) is 5.75 Å². The highest BCUT2D eigenvalue weighted by Crippen LogP contribution is 2.25. The molecule has 3 aromatic carbocycles. The van der Waals surface area contributed by atoms with Gasteiger partial charge in [0.1, 0.15) is 11.8 Å². The van der Waals surface area contributed by atoms with E-state index < -0.39 is 6.04 Å². The van der Waals surface area contributed by atoms with Crippen molar-refractivity contribution in [2.45, 2.75) is 18.9 Å². The molecule has 0 bridgehead atoms. The molecule has 0 aromatic heterocycles. The average molecular weight is 483 g/mol. The Labute approximate surface area is 203 Å². The third kappa shape index (κ3) is 7.01. The minimum absolute atomic E-state index is 0.278. The lowest BCUT2D eigenvalue weighted by atomic mass is 10.0. The fraction of sp³-hybridized carbons (Fsp3) is 0.231. The summed E-state index contributed by atoms with van der Waals surface area (Å²) in [6, 6.07) is 21.7. The molecule has 0 spiro atoms. The van der Waals surface area contributed by atoms with Crippen LogP contribution in [0.25, 0.3) is 0 Å². The van der Waals surface area contributed by atoms with Gasteiger partial charge in [0.15, 0.2) is 0 Å². The summed E-state index contributed by atoms with van der Waals surface area (Å²) in [5, 5.41) is 6.13. The Morgan fingerprint density at radius 2 is 1.76 bits per heavy atom. The average Bonchev–Trinajstić information content (AvgIpc) is 2.82. The zero-order valence-corrected chi connectivity index (χ0v) is 20.2. The molecular formula is C26H27ClN2O3S. The smallest absolute Gasteiger partial charge is 0.253 e. The molecule has 0 fully saturated rings. The van der Waals surface area contributed by atoms with Crippen LogP contribution in [0, 0.1) is 0 Å². The molecular weight excluding hydrogens is 456 g/mol. The molecule has 0 radical (unpaired) electrons. The van der Waals surface area contributed by atoms with Crippen LogP contribution in [0.4, 0.5) is 5.69 Å². The molecule has 0 aliphatic carbocycles. The number of halogens is 1. The lowest BCUT2D eigenvalue weighted by Crippen LogP contribution is -2.44. The summed E-state index contributed by atoms with van der Waals surface area (Å²) in [5.41, 5.74) is 3.09. The van der Waals surface area contributed by atoms with E-state index in [0.29, 0.717) is 29.1 Å². The minimum atomic E-state index is -0.694. The van der Waals surface area contributed by atoms with Crippen molar-refractivity contribution in [2.24, 2.45) is 0 Å². The Morgan fingerprint density at radius 3 is 2.45 bits per heavy atom. The lowest BCUT2D eigenvalue weighted by molar-refractivity contribution is -0.118. The van der Waals surface area contributed by atoms with Gasteiger partial charge in [0.05, 0.1) is 17.7 Å². The maximum Gasteiger partial charge on any atom is 0.253 e. The van der Waals surface area contributed by atoms with E-state index in [1.807, 2.05) is 48.7 Å². The van der Waals surface area contributed by atoms with E-state index in [4.69, 9.17) is 16.3 Å². The fourth-order valence-electron chi connectivity index (χ4n) is 3.43. The molecule has 1 atom stereocenters. The van der Waals surface area contributed by atoms with Crippen LogP contribution in [0.1, 0.15) is 27.9 Å². The number of anilines is 1. The van der Waals surface area contributed by atoms with Crippen molar-refractivity contribution in [3.63, 3.8) is 0 Å². The Balaban J connectivity index is 1.76. The number of ether oxygens (including phenoxy) is 1. The van der Waals surface area contributed by atoms with Gasteiger partial charge in [0.25, 0.3) is 5.91 Å². The first kappa shape index (κ1) is 24.7. The maximum atomic E-state index is 13.1. The minimum Gasteiger partial charge on any atom is -0.496 e. The summed E-state index contributed by atoms with van der Waals surface area (Å²) >= 11 is 7.77. The monoisotopic (exact) mass is 482 g/mol. The zero-order chi connectivity index (χ0) is 23.6. The van der Waals surface area contributed by atoms with Crippen LogP contribution >= 0.6 is 23.4 Å². The summed E-state index contributed by atoms with van der Waals surface area (Å²) in [5.74, 6) is 0.826. The van der Waals surface area contributed by atoms with Gasteiger partial charge in [-0.2, -0.15) is 11.8 Å². The van der Waals surface area contributed by atoms with E-state index in [-0.39, 0.29) is 11.8 Å². The number of methoxy groups -OCH3 is 1. The first-order valence-corrected chi connectivity index (χ1v) is 12.3. The van der Waals surface area contributed by atoms with Gasteiger partial charge in [-0.05, 0) is 54.3 Å². The van der Waals surface area contributed by atoms with Crippen LogP contribution in [-0.2, 0) is 11.2 Å². The van der Waals surface area contributed by atoms with Gasteiger partial charge in [0.2, 0.25) is 5.91 Å². The van der Waals surface area contributed by atoms with Crippen molar-refractivity contribution in [1.29, 1.82) is 0 Å². The maximum absolute atomic E-state index is 13.1. The molecule has 172 valence electrons. The van der Waals surface area contributed by atoms with E-state index >= 15 is 0 Å². The van der Waals surface area contributed by atoms with Crippen LogP contribution in [0.15, 0.2) is 72.8 Å². The standard InChI is InChI=1S/C26H27ClN2O3S/c1-32-24-13-12-20(17-19(24)16-18-8-4-3-5-9-18)28-26(31)23(14-15-33-2)29-25(30)21-10-6-7-11-22(21)27/h3-13,17,23H,14-16H2,1-2H3,(H,28,31)(H,29,30). The predicted molar refractivity (Wildman–Crippen MR) is 137 cm³/mol. The van der Waals surface area contributed by atoms with Crippen LogP contribution < -0.4 is 15.4 Å². The first-order valence-electron chi connectivity index (χ1n) is 10.6. The molecule has 1 unspecified atom stereocenters. The Kier molecular flexibility index (Phi) is 9.22. The van der Waals surface area contributed by atoms with Gasteiger partial charge < -0.3 is 15.4 Å². The van der Waals surface area contributed by atoms with Gasteiger partial charge in [0, 0.05) is 17.7 Å². The van der Waals surface area contributed by atoms with Gasteiger partial charge in [-0.15, -0.1) is 0 Å². The molecule has 2 amide bonds. The molecule has 0 saturated carbocycles. The van der Waals surface area contributed by atoms with Crippen LogP contribution in [-0.4, -0.2) is 37.0 Å². The van der Waals surface area contributed by atoms with E-state index in [0.717, 1.165) is 22.6 Å². The molecule has 33 heavy (non-hydrogen) atoms. The van der Waals surface area contributed by atoms with Gasteiger partial charge in [-0.3, -0.25) is 9.59 Å². The quantitative estimate of drug-likeness (QED) is 0.404. The zero-order valence-electron chi connectivity index (χ0n) is 18.6. The number of hydrogen-bond acceptors (Lipinski definition) is 4. The molecule has 3 aromatic rings. The molecule has 0 saturated heterocycles. The summed E-state index contributed by atoms with van der Waals surface area (Å²) in [4.78, 5) is 25.8. The first-order chi connectivity index (χ1) is 16.0. The summed E-state index contributed by atoms with van der Waals surface area (Å²) < 4.78 is 5.51. The van der Waals surface area contributed by atoms with Gasteiger partial charge in [-0.1, -0.05) is 54.1 Å². The highest BCUT2D eigenvalue weighted by molar-refractivity contribution is 7.98. The second-order valence-electron chi connectivity index (χ2n) is 7.47.